The Bertz CT molecular complexity index is 326. The van der Waals surface area contributed by atoms with Crippen LogP contribution >= 0.6 is 0 Å². The number of hydrogen-bond donors (Lipinski definition) is 2. The zero-order chi connectivity index (χ0) is 9.97. The fourth-order valence-electron chi connectivity index (χ4n) is 1.25. The number of hydrogen-bond acceptors (Lipinski definition) is 3. The van der Waals surface area contributed by atoms with Gasteiger partial charge in [-0.1, -0.05) is 0 Å². The number of hydroxylamine groups is 1. The van der Waals surface area contributed by atoms with Crippen LogP contribution in [-0.2, 0) is 6.54 Å². The Morgan fingerprint density at radius 2 is 2.29 bits per heavy atom. The molecule has 0 heterocycles. The van der Waals surface area contributed by atoms with E-state index in [2.05, 4.69) is 0 Å². The van der Waals surface area contributed by atoms with Gasteiger partial charge in [0.25, 0.3) is 0 Å². The van der Waals surface area contributed by atoms with E-state index in [9.17, 15) is 4.39 Å². The van der Waals surface area contributed by atoms with Gasteiger partial charge in [-0.3, -0.25) is 0 Å². The highest BCUT2D eigenvalue weighted by atomic mass is 19.1. The van der Waals surface area contributed by atoms with Crippen LogP contribution < -0.4 is 10.2 Å². The molecule has 1 aromatic carbocycles. The molecule has 0 amide bonds. The van der Waals surface area contributed by atoms with Gasteiger partial charge in [0.2, 0.25) is 0 Å². The maximum atomic E-state index is 12.9. The van der Waals surface area contributed by atoms with Gasteiger partial charge in [-0.25, -0.2) is 9.87 Å². The van der Waals surface area contributed by atoms with Crippen LogP contribution in [0.25, 0.3) is 0 Å². The molecule has 0 atom stereocenters. The van der Waals surface area contributed by atoms with Gasteiger partial charge in [-0.15, -0.1) is 0 Å². The predicted octanol–water partition coefficient (Wildman–Crippen LogP) is 1.85. The molecule has 0 radical (unpaired) electrons. The Kier molecular flexibility index (Phi) is 2.65. The first-order valence-corrected chi connectivity index (χ1v) is 4.61. The summed E-state index contributed by atoms with van der Waals surface area (Å²) in [5.41, 5.74) is 2.64. The van der Waals surface area contributed by atoms with Crippen molar-refractivity contribution in [3.63, 3.8) is 0 Å². The molecule has 0 aliphatic heterocycles. The van der Waals surface area contributed by atoms with Crippen LogP contribution in [0.2, 0.25) is 0 Å². The topological polar surface area (TPSA) is 41.5 Å². The van der Waals surface area contributed by atoms with Gasteiger partial charge in [0.1, 0.15) is 11.6 Å². The Balaban J connectivity index is 2.17. The lowest BCUT2D eigenvalue weighted by atomic mass is 10.2. The molecule has 0 unspecified atom stereocenters. The molecule has 1 aliphatic carbocycles. The third-order valence-corrected chi connectivity index (χ3v) is 2.11. The minimum absolute atomic E-state index is 0.194. The summed E-state index contributed by atoms with van der Waals surface area (Å²) in [7, 11) is 0. The molecule has 0 spiro atoms. The van der Waals surface area contributed by atoms with Crippen LogP contribution in [0.1, 0.15) is 18.4 Å². The highest BCUT2D eigenvalue weighted by molar-refractivity contribution is 5.34. The zero-order valence-corrected chi connectivity index (χ0v) is 7.66. The van der Waals surface area contributed by atoms with Crippen LogP contribution in [-0.4, -0.2) is 11.3 Å². The van der Waals surface area contributed by atoms with Gasteiger partial charge in [0.05, 0.1) is 6.10 Å². The normalized spacial score (nSPS) is 15.6. The van der Waals surface area contributed by atoms with Crippen LogP contribution in [0.3, 0.4) is 0 Å². The molecule has 3 nitrogen and oxygen atoms in total. The van der Waals surface area contributed by atoms with Crippen LogP contribution in [0.4, 0.5) is 4.39 Å². The molecule has 4 heteroatoms. The first-order valence-electron chi connectivity index (χ1n) is 4.61. The number of halogens is 1. The molecule has 1 saturated carbocycles. The second-order valence-corrected chi connectivity index (χ2v) is 3.40. The van der Waals surface area contributed by atoms with E-state index in [0.717, 1.165) is 12.8 Å². The largest absolute Gasteiger partial charge is 0.490 e. The van der Waals surface area contributed by atoms with Crippen molar-refractivity contribution in [2.75, 3.05) is 0 Å². The standard InChI is InChI=1S/C10H12FNO2/c11-8-1-4-10(14-9-2-3-9)7(5-8)6-12-13/h1,4-5,9,12-13H,2-3,6H2. The van der Waals surface area contributed by atoms with Crippen molar-refractivity contribution in [3.05, 3.63) is 29.6 Å². The van der Waals surface area contributed by atoms with Crippen molar-refractivity contribution in [2.45, 2.75) is 25.5 Å². The molecule has 0 bridgehead atoms. The number of nitrogens with one attached hydrogen (secondary N) is 1. The Hall–Kier alpha value is -1.13. The SMILES string of the molecule is ONCc1cc(F)ccc1OC1CC1. The molecule has 2 rings (SSSR count). The zero-order valence-electron chi connectivity index (χ0n) is 7.66. The van der Waals surface area contributed by atoms with Crippen molar-refractivity contribution in [2.24, 2.45) is 0 Å². The number of ether oxygens (including phenoxy) is 1. The molecular formula is C10H12FNO2. The van der Waals surface area contributed by atoms with Gasteiger partial charge >= 0.3 is 0 Å². The third kappa shape index (κ3) is 2.21. The summed E-state index contributed by atoms with van der Waals surface area (Å²) in [6.45, 7) is 0.194. The first kappa shape index (κ1) is 9.43. The molecular weight excluding hydrogens is 185 g/mol. The van der Waals surface area contributed by atoms with Crippen molar-refractivity contribution in [1.82, 2.24) is 5.48 Å². The summed E-state index contributed by atoms with van der Waals surface area (Å²) in [5, 5.41) is 8.56. The second kappa shape index (κ2) is 3.94. The van der Waals surface area contributed by atoms with Crippen LogP contribution in [0.15, 0.2) is 18.2 Å². The van der Waals surface area contributed by atoms with Gasteiger partial charge in [0, 0.05) is 12.1 Å². The molecule has 0 aromatic heterocycles. The highest BCUT2D eigenvalue weighted by Crippen LogP contribution is 2.29. The molecule has 0 saturated heterocycles. The summed E-state index contributed by atoms with van der Waals surface area (Å²) in [4.78, 5) is 0. The third-order valence-electron chi connectivity index (χ3n) is 2.11. The van der Waals surface area contributed by atoms with E-state index in [1.807, 2.05) is 5.48 Å². The lowest BCUT2D eigenvalue weighted by Crippen LogP contribution is -2.09. The summed E-state index contributed by atoms with van der Waals surface area (Å²) in [5.74, 6) is 0.328. The monoisotopic (exact) mass is 197 g/mol. The fourth-order valence-corrected chi connectivity index (χ4v) is 1.25. The van der Waals surface area contributed by atoms with Crippen molar-refractivity contribution in [1.29, 1.82) is 0 Å². The molecule has 14 heavy (non-hydrogen) atoms. The number of rotatable bonds is 4. The maximum Gasteiger partial charge on any atom is 0.124 e. The summed E-state index contributed by atoms with van der Waals surface area (Å²) in [6.07, 6.45) is 2.39. The lowest BCUT2D eigenvalue weighted by Gasteiger charge is -2.09. The lowest BCUT2D eigenvalue weighted by molar-refractivity contribution is 0.159. The quantitative estimate of drug-likeness (QED) is 0.724. The van der Waals surface area contributed by atoms with E-state index in [1.165, 1.54) is 12.1 Å². The van der Waals surface area contributed by atoms with Crippen molar-refractivity contribution in [3.8, 4) is 5.75 Å². The Labute approximate surface area is 81.5 Å². The van der Waals surface area contributed by atoms with E-state index in [4.69, 9.17) is 9.94 Å². The molecule has 1 aromatic rings. The Morgan fingerprint density at radius 1 is 1.50 bits per heavy atom. The molecule has 2 N–H and O–H groups in total. The molecule has 1 aliphatic rings. The van der Waals surface area contributed by atoms with E-state index in [0.29, 0.717) is 11.3 Å². The molecule has 1 fully saturated rings. The maximum absolute atomic E-state index is 12.9. The highest BCUT2D eigenvalue weighted by Gasteiger charge is 2.24. The van der Waals surface area contributed by atoms with Gasteiger partial charge in [0.15, 0.2) is 0 Å². The van der Waals surface area contributed by atoms with E-state index >= 15 is 0 Å². The van der Waals surface area contributed by atoms with Gasteiger partial charge in [-0.05, 0) is 31.0 Å². The number of benzene rings is 1. The van der Waals surface area contributed by atoms with E-state index in [-0.39, 0.29) is 18.5 Å². The van der Waals surface area contributed by atoms with Crippen LogP contribution in [0, 0.1) is 5.82 Å². The smallest absolute Gasteiger partial charge is 0.124 e. The fraction of sp³-hybridized carbons (Fsp3) is 0.400. The second-order valence-electron chi connectivity index (χ2n) is 3.40. The summed E-state index contributed by atoms with van der Waals surface area (Å²) in [6, 6.07) is 4.32. The summed E-state index contributed by atoms with van der Waals surface area (Å²) >= 11 is 0. The van der Waals surface area contributed by atoms with Crippen LogP contribution in [0.5, 0.6) is 5.75 Å². The average Bonchev–Trinajstić information content (AvgIpc) is 2.94. The van der Waals surface area contributed by atoms with E-state index < -0.39 is 0 Å². The van der Waals surface area contributed by atoms with Crippen molar-refractivity contribution >= 4 is 0 Å². The first-order chi connectivity index (χ1) is 6.79. The summed E-state index contributed by atoms with van der Waals surface area (Å²) < 4.78 is 18.4. The minimum Gasteiger partial charge on any atom is -0.490 e. The molecule has 76 valence electrons. The van der Waals surface area contributed by atoms with Gasteiger partial charge in [-0.2, -0.15) is 0 Å². The van der Waals surface area contributed by atoms with E-state index in [1.54, 1.807) is 6.07 Å². The Morgan fingerprint density at radius 3 is 2.93 bits per heavy atom. The van der Waals surface area contributed by atoms with Gasteiger partial charge < -0.3 is 9.94 Å². The minimum atomic E-state index is -0.321. The predicted molar refractivity (Wildman–Crippen MR) is 48.7 cm³/mol. The van der Waals surface area contributed by atoms with Crippen molar-refractivity contribution < 1.29 is 14.3 Å². The average molecular weight is 197 g/mol.